The van der Waals surface area contributed by atoms with E-state index in [2.05, 4.69) is 5.32 Å². The molecule has 2 aromatic carbocycles. The molecule has 27 heavy (non-hydrogen) atoms. The van der Waals surface area contributed by atoms with Gasteiger partial charge in [0, 0.05) is 18.7 Å². The van der Waals surface area contributed by atoms with Gasteiger partial charge in [-0.05, 0) is 48.7 Å². The van der Waals surface area contributed by atoms with E-state index in [1.54, 1.807) is 36.4 Å². The second-order valence-electron chi connectivity index (χ2n) is 6.34. The second-order valence-corrected chi connectivity index (χ2v) is 8.36. The Morgan fingerprint density at radius 1 is 1.11 bits per heavy atom. The number of nitrogens with one attached hydrogen (secondary N) is 1. The maximum atomic E-state index is 12.2. The van der Waals surface area contributed by atoms with E-state index >= 15 is 0 Å². The summed E-state index contributed by atoms with van der Waals surface area (Å²) in [6.45, 7) is 0.450. The molecule has 0 aromatic heterocycles. The second kappa shape index (κ2) is 7.79. The Morgan fingerprint density at radius 3 is 2.48 bits per heavy atom. The van der Waals surface area contributed by atoms with Crippen LogP contribution in [0.15, 0.2) is 48.5 Å². The predicted octanol–water partition coefficient (Wildman–Crippen LogP) is 2.50. The molecular formula is C19H20N2O5S. The molecular weight excluding hydrogens is 368 g/mol. The summed E-state index contributed by atoms with van der Waals surface area (Å²) >= 11 is 0. The number of benzene rings is 2. The standard InChI is InChI=1S/C19H20N2O5S/c22-18(10-7-14-5-8-15(9-6-14)19(23)24)20-16-3-1-4-17(13-16)21-11-2-12-27(21,25)26/h1,3-6,8-9,13H,2,7,10-12H2,(H,20,22)(H,23,24). The first-order chi connectivity index (χ1) is 12.8. The van der Waals surface area contributed by atoms with Crippen molar-refractivity contribution in [1.29, 1.82) is 0 Å². The molecule has 1 saturated heterocycles. The van der Waals surface area contributed by atoms with Crippen LogP contribution in [0.3, 0.4) is 0 Å². The zero-order chi connectivity index (χ0) is 19.4. The summed E-state index contributed by atoms with van der Waals surface area (Å²) in [7, 11) is -3.26. The normalized spacial score (nSPS) is 15.5. The Kier molecular flexibility index (Phi) is 5.46. The van der Waals surface area contributed by atoms with Gasteiger partial charge in [0.2, 0.25) is 15.9 Å². The van der Waals surface area contributed by atoms with Crippen LogP contribution in [0.5, 0.6) is 0 Å². The van der Waals surface area contributed by atoms with Gasteiger partial charge in [0.15, 0.2) is 0 Å². The third-order valence-electron chi connectivity index (χ3n) is 4.36. The molecule has 1 heterocycles. The monoisotopic (exact) mass is 388 g/mol. The molecule has 0 atom stereocenters. The van der Waals surface area contributed by atoms with E-state index in [-0.39, 0.29) is 23.6 Å². The van der Waals surface area contributed by atoms with Crippen molar-refractivity contribution in [1.82, 2.24) is 0 Å². The van der Waals surface area contributed by atoms with Gasteiger partial charge in [-0.2, -0.15) is 0 Å². The lowest BCUT2D eigenvalue weighted by Gasteiger charge is -2.17. The maximum Gasteiger partial charge on any atom is 0.335 e. The van der Waals surface area contributed by atoms with Crippen LogP contribution in [0.2, 0.25) is 0 Å². The summed E-state index contributed by atoms with van der Waals surface area (Å²) in [6, 6.07) is 13.2. The first-order valence-electron chi connectivity index (χ1n) is 8.58. The molecule has 0 spiro atoms. The Hall–Kier alpha value is -2.87. The van der Waals surface area contributed by atoms with Crippen LogP contribution in [-0.2, 0) is 21.2 Å². The van der Waals surface area contributed by atoms with Crippen LogP contribution >= 0.6 is 0 Å². The summed E-state index contributed by atoms with van der Waals surface area (Å²) in [4.78, 5) is 23.0. The van der Waals surface area contributed by atoms with Gasteiger partial charge in [-0.15, -0.1) is 0 Å². The van der Waals surface area contributed by atoms with Crippen molar-refractivity contribution in [3.8, 4) is 0 Å². The lowest BCUT2D eigenvalue weighted by atomic mass is 10.1. The van der Waals surface area contributed by atoms with Crippen molar-refractivity contribution in [3.63, 3.8) is 0 Å². The Morgan fingerprint density at radius 2 is 1.85 bits per heavy atom. The van der Waals surface area contributed by atoms with E-state index < -0.39 is 16.0 Å². The van der Waals surface area contributed by atoms with Gasteiger partial charge in [-0.3, -0.25) is 9.10 Å². The molecule has 8 heteroatoms. The van der Waals surface area contributed by atoms with E-state index in [1.165, 1.54) is 16.4 Å². The number of rotatable bonds is 6. The van der Waals surface area contributed by atoms with Gasteiger partial charge in [0.25, 0.3) is 0 Å². The average Bonchev–Trinajstić information content (AvgIpc) is 2.99. The minimum absolute atomic E-state index is 0.143. The fraction of sp³-hybridized carbons (Fsp3) is 0.263. The molecule has 7 nitrogen and oxygen atoms in total. The summed E-state index contributed by atoms with van der Waals surface area (Å²) in [5.41, 5.74) is 2.17. The van der Waals surface area contributed by atoms with Crippen LogP contribution < -0.4 is 9.62 Å². The summed E-state index contributed by atoms with van der Waals surface area (Å²) in [6.07, 6.45) is 1.31. The molecule has 0 aliphatic carbocycles. The fourth-order valence-electron chi connectivity index (χ4n) is 2.96. The molecule has 1 amide bonds. The number of sulfonamides is 1. The third kappa shape index (κ3) is 4.65. The van der Waals surface area contributed by atoms with E-state index in [9.17, 15) is 18.0 Å². The summed E-state index contributed by atoms with van der Waals surface area (Å²) < 4.78 is 25.4. The highest BCUT2D eigenvalue weighted by Gasteiger charge is 2.28. The van der Waals surface area contributed by atoms with Crippen LogP contribution in [-0.4, -0.2) is 37.7 Å². The number of carbonyl (C=O) groups is 2. The average molecular weight is 388 g/mol. The summed E-state index contributed by atoms with van der Waals surface area (Å²) in [5, 5.41) is 11.7. The summed E-state index contributed by atoms with van der Waals surface area (Å²) in [5.74, 6) is -1.04. The maximum absolute atomic E-state index is 12.2. The molecule has 0 unspecified atom stereocenters. The van der Waals surface area contributed by atoms with Gasteiger partial charge >= 0.3 is 5.97 Å². The van der Waals surface area contributed by atoms with E-state index in [0.29, 0.717) is 30.8 Å². The largest absolute Gasteiger partial charge is 0.478 e. The van der Waals surface area contributed by atoms with Crippen molar-refractivity contribution in [2.24, 2.45) is 0 Å². The van der Waals surface area contributed by atoms with Gasteiger partial charge in [0.05, 0.1) is 17.0 Å². The minimum Gasteiger partial charge on any atom is -0.478 e. The molecule has 142 valence electrons. The Labute approximate surface area is 157 Å². The number of aryl methyl sites for hydroxylation is 1. The number of aromatic carboxylic acids is 1. The SMILES string of the molecule is O=C(CCc1ccc(C(=O)O)cc1)Nc1cccc(N2CCCS2(=O)=O)c1. The number of amides is 1. The molecule has 0 bridgehead atoms. The highest BCUT2D eigenvalue weighted by molar-refractivity contribution is 7.93. The Bertz CT molecular complexity index is 954. The van der Waals surface area contributed by atoms with Gasteiger partial charge in [-0.1, -0.05) is 18.2 Å². The van der Waals surface area contributed by atoms with Crippen LogP contribution in [0.25, 0.3) is 0 Å². The lowest BCUT2D eigenvalue weighted by molar-refractivity contribution is -0.116. The van der Waals surface area contributed by atoms with Crippen molar-refractivity contribution < 1.29 is 23.1 Å². The van der Waals surface area contributed by atoms with E-state index in [0.717, 1.165) is 5.56 Å². The fourth-order valence-corrected chi connectivity index (χ4v) is 4.52. The number of carboxylic acid groups (broad SMARTS) is 1. The number of hydrogen-bond donors (Lipinski definition) is 2. The van der Waals surface area contributed by atoms with Crippen molar-refractivity contribution in [2.75, 3.05) is 21.9 Å². The lowest BCUT2D eigenvalue weighted by Crippen LogP contribution is -2.25. The minimum atomic E-state index is -3.26. The molecule has 0 saturated carbocycles. The topological polar surface area (TPSA) is 104 Å². The number of hydrogen-bond acceptors (Lipinski definition) is 4. The number of carboxylic acids is 1. The first-order valence-corrected chi connectivity index (χ1v) is 10.2. The van der Waals surface area contributed by atoms with Gasteiger partial charge in [0.1, 0.15) is 0 Å². The van der Waals surface area contributed by atoms with Gasteiger partial charge < -0.3 is 10.4 Å². The number of nitrogens with zero attached hydrogens (tertiary/aromatic N) is 1. The highest BCUT2D eigenvalue weighted by Crippen LogP contribution is 2.26. The van der Waals surface area contributed by atoms with Crippen LogP contribution in [0, 0.1) is 0 Å². The molecule has 1 aliphatic rings. The number of anilines is 2. The highest BCUT2D eigenvalue weighted by atomic mass is 32.2. The molecule has 0 radical (unpaired) electrons. The van der Waals surface area contributed by atoms with E-state index in [4.69, 9.17) is 5.11 Å². The zero-order valence-electron chi connectivity index (χ0n) is 14.6. The van der Waals surface area contributed by atoms with Crippen LogP contribution in [0.4, 0.5) is 11.4 Å². The molecule has 3 rings (SSSR count). The zero-order valence-corrected chi connectivity index (χ0v) is 15.4. The van der Waals surface area contributed by atoms with E-state index in [1.807, 2.05) is 0 Å². The third-order valence-corrected chi connectivity index (χ3v) is 6.23. The molecule has 1 aliphatic heterocycles. The first kappa shape index (κ1) is 18.9. The Balaban J connectivity index is 1.59. The van der Waals surface area contributed by atoms with Crippen molar-refractivity contribution in [2.45, 2.75) is 19.3 Å². The molecule has 1 fully saturated rings. The van der Waals surface area contributed by atoms with Crippen LogP contribution in [0.1, 0.15) is 28.8 Å². The van der Waals surface area contributed by atoms with Crippen molar-refractivity contribution >= 4 is 33.3 Å². The number of carbonyl (C=O) groups excluding carboxylic acids is 1. The smallest absolute Gasteiger partial charge is 0.335 e. The predicted molar refractivity (Wildman–Crippen MR) is 103 cm³/mol. The van der Waals surface area contributed by atoms with Gasteiger partial charge in [-0.25, -0.2) is 13.2 Å². The quantitative estimate of drug-likeness (QED) is 0.791. The molecule has 2 aromatic rings. The molecule has 2 N–H and O–H groups in total. The van der Waals surface area contributed by atoms with Crippen molar-refractivity contribution in [3.05, 3.63) is 59.7 Å².